The van der Waals surface area contributed by atoms with Crippen LogP contribution < -0.4 is 0 Å². The van der Waals surface area contributed by atoms with Crippen LogP contribution in [0.15, 0.2) is 0 Å². The molecule has 0 saturated carbocycles. The first-order valence-electron chi connectivity index (χ1n) is 3.47. The summed E-state index contributed by atoms with van der Waals surface area (Å²) in [5, 5.41) is 16.3. The van der Waals surface area contributed by atoms with Gasteiger partial charge in [0.25, 0.3) is 0 Å². The number of nitriles is 2. The van der Waals surface area contributed by atoms with Crippen LogP contribution in [-0.2, 0) is 0 Å². The summed E-state index contributed by atoms with van der Waals surface area (Å²) in [7, 11) is 0. The summed E-state index contributed by atoms with van der Waals surface area (Å²) < 4.78 is 0. The second-order valence-electron chi connectivity index (χ2n) is 2.04. The quantitative estimate of drug-likeness (QED) is 0.542. The minimum atomic E-state index is 0.604. The van der Waals surface area contributed by atoms with Gasteiger partial charge >= 0.3 is 0 Å². The van der Waals surface area contributed by atoms with Crippen molar-refractivity contribution in [2.45, 2.75) is 32.1 Å². The third-order valence-electron chi connectivity index (χ3n) is 1.16. The standard InChI is InChI=1S/C8H11N2/c9-7-5-3-1-2-4-6-8-10/h1H,2-6H2. The molecule has 0 aromatic carbocycles. The smallest absolute Gasteiger partial charge is 0.0621 e. The molecular formula is C8H11N2. The van der Waals surface area contributed by atoms with Gasteiger partial charge in [0.15, 0.2) is 0 Å². The predicted octanol–water partition coefficient (Wildman–Crippen LogP) is 2.19. The summed E-state index contributed by atoms with van der Waals surface area (Å²) in [5.41, 5.74) is 0. The molecule has 0 unspecified atom stereocenters. The maximum Gasteiger partial charge on any atom is 0.0621 e. The van der Waals surface area contributed by atoms with Crippen molar-refractivity contribution in [3.05, 3.63) is 6.42 Å². The third-order valence-corrected chi connectivity index (χ3v) is 1.16. The molecule has 0 aromatic rings. The van der Waals surface area contributed by atoms with E-state index in [-0.39, 0.29) is 0 Å². The summed E-state index contributed by atoms with van der Waals surface area (Å²) in [4.78, 5) is 0. The fourth-order valence-electron chi connectivity index (χ4n) is 0.636. The molecule has 0 aliphatic rings. The second kappa shape index (κ2) is 7.98. The Hall–Kier alpha value is -1.02. The molecule has 0 aromatic heterocycles. The molecule has 10 heavy (non-hydrogen) atoms. The number of unbranched alkanes of at least 4 members (excludes halogenated alkanes) is 5. The Labute approximate surface area is 62.1 Å². The average Bonchev–Trinajstić information content (AvgIpc) is 1.97. The van der Waals surface area contributed by atoms with E-state index in [0.29, 0.717) is 12.8 Å². The number of nitrogens with zero attached hydrogens (tertiary/aromatic N) is 2. The summed E-state index contributed by atoms with van der Waals surface area (Å²) in [6, 6.07) is 4.14. The van der Waals surface area contributed by atoms with E-state index in [0.717, 1.165) is 19.3 Å². The monoisotopic (exact) mass is 135 g/mol. The van der Waals surface area contributed by atoms with Crippen molar-refractivity contribution in [3.63, 3.8) is 0 Å². The Morgan fingerprint density at radius 1 is 1.00 bits per heavy atom. The molecule has 2 heteroatoms. The summed E-state index contributed by atoms with van der Waals surface area (Å²) in [6.07, 6.45) is 6.06. The lowest BCUT2D eigenvalue weighted by Gasteiger charge is -1.91. The van der Waals surface area contributed by atoms with Crippen LogP contribution >= 0.6 is 0 Å². The van der Waals surface area contributed by atoms with Crippen molar-refractivity contribution in [2.75, 3.05) is 0 Å². The van der Waals surface area contributed by atoms with Crippen LogP contribution in [0.4, 0.5) is 0 Å². The number of hydrogen-bond donors (Lipinski definition) is 0. The second-order valence-corrected chi connectivity index (χ2v) is 2.04. The van der Waals surface area contributed by atoms with E-state index in [1.807, 2.05) is 0 Å². The molecule has 0 aliphatic carbocycles. The van der Waals surface area contributed by atoms with Gasteiger partial charge in [0, 0.05) is 12.8 Å². The SMILES string of the molecule is N#CCC[CH]CCCC#N. The summed E-state index contributed by atoms with van der Waals surface area (Å²) in [6.45, 7) is 0. The highest BCUT2D eigenvalue weighted by molar-refractivity contribution is 4.77. The van der Waals surface area contributed by atoms with Gasteiger partial charge in [-0.25, -0.2) is 0 Å². The Morgan fingerprint density at radius 3 is 2.30 bits per heavy atom. The lowest BCUT2D eigenvalue weighted by atomic mass is 10.1. The van der Waals surface area contributed by atoms with Gasteiger partial charge in [-0.15, -0.1) is 0 Å². The van der Waals surface area contributed by atoms with E-state index in [4.69, 9.17) is 10.5 Å². The molecule has 0 N–H and O–H groups in total. The lowest BCUT2D eigenvalue weighted by molar-refractivity contribution is 0.786. The first-order chi connectivity index (χ1) is 4.91. The molecule has 0 fully saturated rings. The van der Waals surface area contributed by atoms with Gasteiger partial charge in [-0.05, 0) is 25.7 Å². The molecule has 53 valence electrons. The molecule has 0 rings (SSSR count). The van der Waals surface area contributed by atoms with Gasteiger partial charge in [-0.3, -0.25) is 0 Å². The van der Waals surface area contributed by atoms with Crippen LogP contribution in [0, 0.1) is 29.1 Å². The van der Waals surface area contributed by atoms with E-state index < -0.39 is 0 Å². The molecule has 1 radical (unpaired) electrons. The maximum atomic E-state index is 8.15. The van der Waals surface area contributed by atoms with Crippen LogP contribution in [0.2, 0.25) is 0 Å². The van der Waals surface area contributed by atoms with Gasteiger partial charge in [-0.1, -0.05) is 0 Å². The van der Waals surface area contributed by atoms with Crippen molar-refractivity contribution < 1.29 is 0 Å². The largest absolute Gasteiger partial charge is 0.198 e. The minimum absolute atomic E-state index is 0.604. The van der Waals surface area contributed by atoms with Crippen LogP contribution in [-0.4, -0.2) is 0 Å². The first-order valence-corrected chi connectivity index (χ1v) is 3.47. The molecule has 0 spiro atoms. The molecule has 0 aliphatic heterocycles. The highest BCUT2D eigenvalue weighted by atomic mass is 14.2. The zero-order valence-corrected chi connectivity index (χ0v) is 6.01. The highest BCUT2D eigenvalue weighted by Crippen LogP contribution is 2.02. The first kappa shape index (κ1) is 8.98. The van der Waals surface area contributed by atoms with Gasteiger partial charge < -0.3 is 0 Å². The van der Waals surface area contributed by atoms with E-state index in [1.165, 1.54) is 0 Å². The van der Waals surface area contributed by atoms with Crippen molar-refractivity contribution in [2.24, 2.45) is 0 Å². The van der Waals surface area contributed by atoms with Gasteiger partial charge in [0.1, 0.15) is 0 Å². The Morgan fingerprint density at radius 2 is 1.70 bits per heavy atom. The van der Waals surface area contributed by atoms with Crippen LogP contribution in [0.5, 0.6) is 0 Å². The number of rotatable bonds is 5. The third kappa shape index (κ3) is 6.98. The molecule has 0 saturated heterocycles. The lowest BCUT2D eigenvalue weighted by Crippen LogP contribution is -1.77. The molecule has 2 nitrogen and oxygen atoms in total. The zero-order valence-electron chi connectivity index (χ0n) is 6.01. The Kier molecular flexibility index (Phi) is 7.17. The van der Waals surface area contributed by atoms with Crippen LogP contribution in [0.25, 0.3) is 0 Å². The van der Waals surface area contributed by atoms with E-state index in [1.54, 1.807) is 0 Å². The van der Waals surface area contributed by atoms with Crippen molar-refractivity contribution >= 4 is 0 Å². The normalized spacial score (nSPS) is 8.20. The van der Waals surface area contributed by atoms with Crippen LogP contribution in [0.1, 0.15) is 32.1 Å². The fraction of sp³-hybridized carbons (Fsp3) is 0.625. The predicted molar refractivity (Wildman–Crippen MR) is 38.6 cm³/mol. The van der Waals surface area contributed by atoms with E-state index in [2.05, 4.69) is 18.6 Å². The van der Waals surface area contributed by atoms with E-state index >= 15 is 0 Å². The zero-order chi connectivity index (χ0) is 7.66. The summed E-state index contributed by atoms with van der Waals surface area (Å²) >= 11 is 0. The maximum absolute atomic E-state index is 8.15. The minimum Gasteiger partial charge on any atom is -0.198 e. The molecule has 0 atom stereocenters. The Balaban J connectivity index is 2.80. The van der Waals surface area contributed by atoms with Crippen LogP contribution in [0.3, 0.4) is 0 Å². The van der Waals surface area contributed by atoms with Crippen molar-refractivity contribution in [1.82, 2.24) is 0 Å². The number of hydrogen-bond acceptors (Lipinski definition) is 2. The fourth-order valence-corrected chi connectivity index (χ4v) is 0.636. The topological polar surface area (TPSA) is 47.6 Å². The summed E-state index contributed by atoms with van der Waals surface area (Å²) in [5.74, 6) is 0. The van der Waals surface area contributed by atoms with Crippen molar-refractivity contribution in [3.8, 4) is 12.1 Å². The Bertz CT molecular complexity index is 120. The van der Waals surface area contributed by atoms with Gasteiger partial charge in [0.05, 0.1) is 12.1 Å². The highest BCUT2D eigenvalue weighted by Gasteiger charge is 1.88. The van der Waals surface area contributed by atoms with E-state index in [9.17, 15) is 0 Å². The molecule has 0 heterocycles. The van der Waals surface area contributed by atoms with Crippen molar-refractivity contribution in [1.29, 1.82) is 10.5 Å². The molecular weight excluding hydrogens is 124 g/mol. The van der Waals surface area contributed by atoms with Gasteiger partial charge in [0.2, 0.25) is 0 Å². The average molecular weight is 135 g/mol. The molecule has 0 amide bonds. The van der Waals surface area contributed by atoms with Gasteiger partial charge in [-0.2, -0.15) is 10.5 Å². The molecule has 0 bridgehead atoms.